The molecular formula is C14H18Cl2Hf. The van der Waals surface area contributed by atoms with E-state index in [4.69, 9.17) is 0 Å². The molecule has 0 heterocycles. The summed E-state index contributed by atoms with van der Waals surface area (Å²) in [5.74, 6) is 0. The number of halogens is 2. The molecule has 0 fully saturated rings. The van der Waals surface area contributed by atoms with Crippen LogP contribution in [0.25, 0.3) is 0 Å². The maximum Gasteiger partial charge on any atom is 4.00 e. The van der Waals surface area contributed by atoms with Crippen molar-refractivity contribution >= 4 is 0 Å². The van der Waals surface area contributed by atoms with Gasteiger partial charge in [0.25, 0.3) is 0 Å². The predicted molar refractivity (Wildman–Crippen MR) is 63.0 cm³/mol. The molecule has 17 heavy (non-hydrogen) atoms. The van der Waals surface area contributed by atoms with Gasteiger partial charge in [-0.3, -0.25) is 0 Å². The second kappa shape index (κ2) is 11.3. The van der Waals surface area contributed by atoms with Crippen molar-refractivity contribution in [1.29, 1.82) is 0 Å². The maximum atomic E-state index is 2.17. The van der Waals surface area contributed by atoms with Crippen LogP contribution in [-0.4, -0.2) is 0 Å². The quantitative estimate of drug-likeness (QED) is 0.333. The Morgan fingerprint density at radius 2 is 1.06 bits per heavy atom. The van der Waals surface area contributed by atoms with Crippen molar-refractivity contribution in [2.75, 3.05) is 0 Å². The Hall–Kier alpha value is 0.150. The van der Waals surface area contributed by atoms with Crippen molar-refractivity contribution in [3.63, 3.8) is 0 Å². The first-order chi connectivity index (χ1) is 6.58. The minimum Gasteiger partial charge on any atom is -1.00 e. The van der Waals surface area contributed by atoms with Gasteiger partial charge >= 0.3 is 25.8 Å². The van der Waals surface area contributed by atoms with Crippen LogP contribution in [0.1, 0.15) is 22.3 Å². The van der Waals surface area contributed by atoms with Gasteiger partial charge in [0.05, 0.1) is 0 Å². The van der Waals surface area contributed by atoms with E-state index in [1.807, 2.05) is 0 Å². The number of hydrogen-bond donors (Lipinski definition) is 0. The van der Waals surface area contributed by atoms with Crippen LogP contribution in [0.3, 0.4) is 0 Å². The summed E-state index contributed by atoms with van der Waals surface area (Å²) in [6, 6.07) is 12.8. The summed E-state index contributed by atoms with van der Waals surface area (Å²) in [7, 11) is 0. The van der Waals surface area contributed by atoms with E-state index in [-0.39, 0.29) is 50.7 Å². The van der Waals surface area contributed by atoms with Crippen LogP contribution >= 0.6 is 0 Å². The molecule has 0 N–H and O–H groups in total. The SMILES string of the molecule is Cc1cc[c-](C)c1.Cc1cc[c-](C)c1.[Cl-].[Cl-].[Hf+4]. The van der Waals surface area contributed by atoms with Crippen LogP contribution in [0, 0.1) is 27.7 Å². The fourth-order valence-electron chi connectivity index (χ4n) is 1.44. The molecule has 92 valence electrons. The Balaban J connectivity index is -0.000000196. The third-order valence-corrected chi connectivity index (χ3v) is 2.13. The molecule has 2 rings (SSSR count). The molecule has 0 atom stereocenters. The van der Waals surface area contributed by atoms with Crippen molar-refractivity contribution in [2.45, 2.75) is 27.7 Å². The first-order valence-corrected chi connectivity index (χ1v) is 4.98. The van der Waals surface area contributed by atoms with Crippen molar-refractivity contribution in [3.8, 4) is 0 Å². The average molecular weight is 436 g/mol. The van der Waals surface area contributed by atoms with Crippen LogP contribution < -0.4 is 24.8 Å². The van der Waals surface area contributed by atoms with Gasteiger partial charge in [-0.2, -0.15) is 35.4 Å². The van der Waals surface area contributed by atoms with E-state index in [1.165, 1.54) is 22.3 Å². The summed E-state index contributed by atoms with van der Waals surface area (Å²) in [6.45, 7) is 8.42. The smallest absolute Gasteiger partial charge is 1.00 e. The molecule has 0 radical (unpaired) electrons. The zero-order valence-electron chi connectivity index (χ0n) is 10.7. The first kappa shape index (κ1) is 22.3. The Bertz CT molecular complexity index is 317. The minimum absolute atomic E-state index is 0. The van der Waals surface area contributed by atoms with Gasteiger partial charge in [-0.15, -0.1) is 0 Å². The second-order valence-corrected chi connectivity index (χ2v) is 3.93. The molecule has 0 aliphatic rings. The van der Waals surface area contributed by atoms with Crippen molar-refractivity contribution < 1.29 is 50.7 Å². The van der Waals surface area contributed by atoms with Crippen LogP contribution in [-0.2, 0) is 25.8 Å². The van der Waals surface area contributed by atoms with Gasteiger partial charge in [-0.25, -0.2) is 23.3 Å². The molecular weight excluding hydrogens is 418 g/mol. The van der Waals surface area contributed by atoms with E-state index in [2.05, 4.69) is 64.1 Å². The summed E-state index contributed by atoms with van der Waals surface area (Å²) < 4.78 is 0. The van der Waals surface area contributed by atoms with E-state index >= 15 is 0 Å². The molecule has 0 aliphatic heterocycles. The van der Waals surface area contributed by atoms with Crippen LogP contribution in [0.4, 0.5) is 0 Å². The molecule has 0 amide bonds. The molecule has 0 saturated carbocycles. The topological polar surface area (TPSA) is 0 Å². The van der Waals surface area contributed by atoms with Crippen molar-refractivity contribution in [3.05, 3.63) is 58.7 Å². The van der Waals surface area contributed by atoms with Crippen LogP contribution in [0.2, 0.25) is 0 Å². The average Bonchev–Trinajstić information content (AvgIpc) is 2.63. The number of aryl methyl sites for hydroxylation is 4. The van der Waals surface area contributed by atoms with Crippen LogP contribution in [0.15, 0.2) is 36.4 Å². The van der Waals surface area contributed by atoms with Crippen molar-refractivity contribution in [1.82, 2.24) is 0 Å². The molecule has 3 heteroatoms. The molecule has 2 aromatic rings. The zero-order valence-corrected chi connectivity index (χ0v) is 15.8. The number of hydrogen-bond acceptors (Lipinski definition) is 0. The van der Waals surface area contributed by atoms with E-state index in [0.717, 1.165) is 0 Å². The molecule has 0 spiro atoms. The van der Waals surface area contributed by atoms with Crippen molar-refractivity contribution in [2.24, 2.45) is 0 Å². The minimum atomic E-state index is 0. The van der Waals surface area contributed by atoms with Gasteiger partial charge in [0.2, 0.25) is 0 Å². The number of rotatable bonds is 0. The monoisotopic (exact) mass is 436 g/mol. The standard InChI is InChI=1S/2C7H9.2ClH.Hf/c2*1-6-3-4-7(2)5-6;;;/h2*3-5H,1-2H3;2*1H;/q2*-1;;;+4/p-2. The molecule has 0 unspecified atom stereocenters. The van der Waals surface area contributed by atoms with Crippen LogP contribution in [0.5, 0.6) is 0 Å². The summed E-state index contributed by atoms with van der Waals surface area (Å²) in [5, 5.41) is 0. The van der Waals surface area contributed by atoms with Gasteiger partial charge in [0.15, 0.2) is 0 Å². The van der Waals surface area contributed by atoms with Gasteiger partial charge in [0, 0.05) is 0 Å². The summed E-state index contributed by atoms with van der Waals surface area (Å²) >= 11 is 0. The predicted octanol–water partition coefficient (Wildman–Crippen LogP) is -1.95. The molecule has 0 nitrogen and oxygen atoms in total. The largest absolute Gasteiger partial charge is 4.00 e. The Kier molecular flexibility index (Phi) is 14.8. The Morgan fingerprint density at radius 1 is 0.765 bits per heavy atom. The van der Waals surface area contributed by atoms with Gasteiger partial charge in [-0.05, 0) is 0 Å². The van der Waals surface area contributed by atoms with Gasteiger partial charge in [-0.1, -0.05) is 27.7 Å². The molecule has 0 bridgehead atoms. The molecule has 2 aromatic carbocycles. The van der Waals surface area contributed by atoms with E-state index < -0.39 is 0 Å². The fraction of sp³-hybridized carbons (Fsp3) is 0.286. The second-order valence-electron chi connectivity index (χ2n) is 3.93. The summed E-state index contributed by atoms with van der Waals surface area (Å²) in [5.41, 5.74) is 5.44. The van der Waals surface area contributed by atoms with E-state index in [1.54, 1.807) is 0 Å². The molecule has 0 aromatic heterocycles. The maximum absolute atomic E-state index is 2.17. The van der Waals surface area contributed by atoms with Gasteiger partial charge < -0.3 is 24.8 Å². The molecule has 0 aliphatic carbocycles. The summed E-state index contributed by atoms with van der Waals surface area (Å²) in [4.78, 5) is 0. The Labute approximate surface area is 136 Å². The summed E-state index contributed by atoms with van der Waals surface area (Å²) in [6.07, 6.45) is 0. The normalized spacial score (nSPS) is 7.76. The Morgan fingerprint density at radius 3 is 1.12 bits per heavy atom. The third-order valence-electron chi connectivity index (χ3n) is 2.13. The van der Waals surface area contributed by atoms with Gasteiger partial charge in [0.1, 0.15) is 0 Å². The van der Waals surface area contributed by atoms with E-state index in [0.29, 0.717) is 0 Å². The molecule has 0 saturated heterocycles. The first-order valence-electron chi connectivity index (χ1n) is 4.98. The zero-order chi connectivity index (χ0) is 10.6. The van der Waals surface area contributed by atoms with E-state index in [9.17, 15) is 0 Å². The third kappa shape index (κ3) is 9.82. The fourth-order valence-corrected chi connectivity index (χ4v) is 1.44.